The number of aromatic nitrogens is 1. The minimum absolute atomic E-state index is 0.0387. The van der Waals surface area contributed by atoms with Crippen LogP contribution in [0.15, 0.2) is 71.6 Å². The van der Waals surface area contributed by atoms with E-state index in [1.807, 2.05) is 47.3 Å². The standard InChI is InChI=1S/C23H22N2O2S/c1-27-18-8-6-17(7-9-18)20(13-25-23(26)12-16-10-11-28-15-16)21-14-24-22-5-3-2-4-19(21)22/h2-11,14-15,20,24H,12-13H2,1H3,(H,25,26). The fourth-order valence-corrected chi connectivity index (χ4v) is 4.15. The van der Waals surface area contributed by atoms with E-state index < -0.39 is 0 Å². The number of hydrogen-bond donors (Lipinski definition) is 2. The number of aromatic amines is 1. The zero-order chi connectivity index (χ0) is 19.3. The normalized spacial score (nSPS) is 12.0. The summed E-state index contributed by atoms with van der Waals surface area (Å²) in [4.78, 5) is 15.8. The summed E-state index contributed by atoms with van der Waals surface area (Å²) in [6, 6.07) is 18.3. The lowest BCUT2D eigenvalue weighted by Gasteiger charge is -2.18. The summed E-state index contributed by atoms with van der Waals surface area (Å²) < 4.78 is 5.29. The third-order valence-corrected chi connectivity index (χ3v) is 5.70. The van der Waals surface area contributed by atoms with Crippen molar-refractivity contribution in [2.75, 3.05) is 13.7 Å². The Kier molecular flexibility index (Phi) is 5.44. The van der Waals surface area contributed by atoms with Gasteiger partial charge in [-0.05, 0) is 51.7 Å². The first-order valence-electron chi connectivity index (χ1n) is 9.22. The molecule has 0 radical (unpaired) electrons. The highest BCUT2D eigenvalue weighted by Gasteiger charge is 2.19. The van der Waals surface area contributed by atoms with E-state index in [0.717, 1.165) is 22.4 Å². The molecular formula is C23H22N2O2S. The second kappa shape index (κ2) is 8.31. The summed E-state index contributed by atoms with van der Waals surface area (Å²) in [5.41, 5.74) is 4.47. The lowest BCUT2D eigenvalue weighted by Crippen LogP contribution is -2.30. The molecule has 0 bridgehead atoms. The molecule has 1 atom stereocenters. The number of carbonyl (C=O) groups is 1. The van der Waals surface area contributed by atoms with E-state index in [-0.39, 0.29) is 11.8 Å². The summed E-state index contributed by atoms with van der Waals surface area (Å²) in [5, 5.41) is 8.31. The maximum absolute atomic E-state index is 12.4. The van der Waals surface area contributed by atoms with Gasteiger partial charge in [-0.1, -0.05) is 30.3 Å². The number of nitrogens with one attached hydrogen (secondary N) is 2. The number of carbonyl (C=O) groups excluding carboxylic acids is 1. The van der Waals surface area contributed by atoms with Gasteiger partial charge in [-0.3, -0.25) is 4.79 Å². The number of thiophene rings is 1. The van der Waals surface area contributed by atoms with Crippen molar-refractivity contribution in [1.82, 2.24) is 10.3 Å². The molecule has 2 aromatic heterocycles. The minimum atomic E-state index is 0.0387. The molecule has 2 heterocycles. The van der Waals surface area contributed by atoms with Gasteiger partial charge >= 0.3 is 0 Å². The molecule has 142 valence electrons. The van der Waals surface area contributed by atoms with Gasteiger partial charge in [-0.25, -0.2) is 0 Å². The Morgan fingerprint density at radius 2 is 1.96 bits per heavy atom. The quantitative estimate of drug-likeness (QED) is 0.479. The van der Waals surface area contributed by atoms with E-state index in [4.69, 9.17) is 4.74 Å². The molecule has 2 N–H and O–H groups in total. The number of para-hydroxylation sites is 1. The predicted octanol–water partition coefficient (Wildman–Crippen LogP) is 4.73. The fourth-order valence-electron chi connectivity index (χ4n) is 3.48. The SMILES string of the molecule is COc1ccc(C(CNC(=O)Cc2ccsc2)c2c[nH]c3ccccc23)cc1. The highest BCUT2D eigenvalue weighted by Crippen LogP contribution is 2.31. The third-order valence-electron chi connectivity index (χ3n) is 4.96. The van der Waals surface area contributed by atoms with Gasteiger partial charge in [0.25, 0.3) is 0 Å². The van der Waals surface area contributed by atoms with Gasteiger partial charge in [0.05, 0.1) is 13.5 Å². The van der Waals surface area contributed by atoms with Crippen LogP contribution in [0.4, 0.5) is 0 Å². The third kappa shape index (κ3) is 3.94. The summed E-state index contributed by atoms with van der Waals surface area (Å²) in [6.07, 6.45) is 2.46. The van der Waals surface area contributed by atoms with Gasteiger partial charge in [-0.2, -0.15) is 11.3 Å². The van der Waals surface area contributed by atoms with E-state index in [1.165, 1.54) is 10.9 Å². The Morgan fingerprint density at radius 1 is 1.14 bits per heavy atom. The van der Waals surface area contributed by atoms with Crippen LogP contribution < -0.4 is 10.1 Å². The predicted molar refractivity (Wildman–Crippen MR) is 114 cm³/mol. The summed E-state index contributed by atoms with van der Waals surface area (Å²) in [7, 11) is 1.66. The van der Waals surface area contributed by atoms with Gasteiger partial charge in [0, 0.05) is 29.6 Å². The zero-order valence-corrected chi connectivity index (χ0v) is 16.5. The first kappa shape index (κ1) is 18.3. The smallest absolute Gasteiger partial charge is 0.224 e. The van der Waals surface area contributed by atoms with Gasteiger partial charge in [0.2, 0.25) is 5.91 Å². The lowest BCUT2D eigenvalue weighted by molar-refractivity contribution is -0.120. The molecule has 0 saturated carbocycles. The number of benzene rings is 2. The Labute approximate surface area is 168 Å². The Hall–Kier alpha value is -3.05. The number of methoxy groups -OCH3 is 1. The van der Waals surface area contributed by atoms with Crippen molar-refractivity contribution in [3.63, 3.8) is 0 Å². The van der Waals surface area contributed by atoms with Gasteiger partial charge in [-0.15, -0.1) is 0 Å². The van der Waals surface area contributed by atoms with E-state index >= 15 is 0 Å². The Bertz CT molecular complexity index is 1050. The first-order valence-corrected chi connectivity index (χ1v) is 10.2. The van der Waals surface area contributed by atoms with E-state index in [0.29, 0.717) is 13.0 Å². The van der Waals surface area contributed by atoms with Crippen molar-refractivity contribution in [3.8, 4) is 5.75 Å². The van der Waals surface area contributed by atoms with Gasteiger partial charge in [0.1, 0.15) is 5.75 Å². The van der Waals surface area contributed by atoms with Gasteiger partial charge < -0.3 is 15.0 Å². The number of ether oxygens (including phenoxy) is 1. The maximum Gasteiger partial charge on any atom is 0.224 e. The maximum atomic E-state index is 12.4. The number of hydrogen-bond acceptors (Lipinski definition) is 3. The van der Waals surface area contributed by atoms with Crippen LogP contribution in [0.2, 0.25) is 0 Å². The Morgan fingerprint density at radius 3 is 2.71 bits per heavy atom. The molecule has 0 saturated heterocycles. The molecule has 4 aromatic rings. The van der Waals surface area contributed by atoms with E-state index in [1.54, 1.807) is 18.4 Å². The van der Waals surface area contributed by atoms with Crippen LogP contribution in [-0.4, -0.2) is 24.5 Å². The lowest BCUT2D eigenvalue weighted by atomic mass is 9.90. The molecule has 0 aliphatic carbocycles. The van der Waals surface area contributed by atoms with Crippen LogP contribution in [0.5, 0.6) is 5.75 Å². The molecule has 4 rings (SSSR count). The van der Waals surface area contributed by atoms with Crippen LogP contribution in [0.3, 0.4) is 0 Å². The molecule has 0 spiro atoms. The van der Waals surface area contributed by atoms with Crippen molar-refractivity contribution >= 4 is 28.1 Å². The van der Waals surface area contributed by atoms with Crippen LogP contribution >= 0.6 is 11.3 Å². The molecule has 0 aliphatic heterocycles. The average Bonchev–Trinajstić information content (AvgIpc) is 3.39. The van der Waals surface area contributed by atoms with Crippen LogP contribution in [0.25, 0.3) is 10.9 Å². The van der Waals surface area contributed by atoms with E-state index in [2.05, 4.69) is 34.6 Å². The minimum Gasteiger partial charge on any atom is -0.497 e. The Balaban J connectivity index is 1.60. The topological polar surface area (TPSA) is 54.1 Å². The number of rotatable bonds is 7. The highest BCUT2D eigenvalue weighted by atomic mass is 32.1. The molecule has 0 aliphatic rings. The molecule has 0 fully saturated rings. The van der Waals surface area contributed by atoms with Crippen molar-refractivity contribution in [1.29, 1.82) is 0 Å². The van der Waals surface area contributed by atoms with Crippen LogP contribution in [0.1, 0.15) is 22.6 Å². The molecular weight excluding hydrogens is 368 g/mol. The second-order valence-electron chi connectivity index (χ2n) is 6.73. The van der Waals surface area contributed by atoms with Crippen molar-refractivity contribution in [2.24, 2.45) is 0 Å². The average molecular weight is 391 g/mol. The fraction of sp³-hybridized carbons (Fsp3) is 0.174. The summed E-state index contributed by atoms with van der Waals surface area (Å²) >= 11 is 1.61. The molecule has 28 heavy (non-hydrogen) atoms. The molecule has 1 amide bonds. The summed E-state index contributed by atoms with van der Waals surface area (Å²) in [6.45, 7) is 0.539. The molecule has 1 unspecified atom stereocenters. The largest absolute Gasteiger partial charge is 0.497 e. The monoisotopic (exact) mass is 390 g/mol. The molecule has 2 aromatic carbocycles. The highest BCUT2D eigenvalue weighted by molar-refractivity contribution is 7.08. The van der Waals surface area contributed by atoms with Crippen LogP contribution in [-0.2, 0) is 11.2 Å². The van der Waals surface area contributed by atoms with Crippen molar-refractivity contribution in [2.45, 2.75) is 12.3 Å². The van der Waals surface area contributed by atoms with Crippen LogP contribution in [0, 0.1) is 0 Å². The zero-order valence-electron chi connectivity index (χ0n) is 15.6. The number of amides is 1. The first-order chi connectivity index (χ1) is 13.7. The molecule has 4 nitrogen and oxygen atoms in total. The van der Waals surface area contributed by atoms with Crippen molar-refractivity contribution < 1.29 is 9.53 Å². The number of H-pyrrole nitrogens is 1. The van der Waals surface area contributed by atoms with Crippen molar-refractivity contribution in [3.05, 3.63) is 88.2 Å². The second-order valence-corrected chi connectivity index (χ2v) is 7.51. The van der Waals surface area contributed by atoms with E-state index in [9.17, 15) is 4.79 Å². The molecule has 5 heteroatoms. The van der Waals surface area contributed by atoms with Gasteiger partial charge in [0.15, 0.2) is 0 Å². The summed E-state index contributed by atoms with van der Waals surface area (Å²) in [5.74, 6) is 0.910. The number of fused-ring (bicyclic) bond motifs is 1.